The molecule has 236 valence electrons. The number of aliphatic carboxylic acids is 1. The largest absolute Gasteiger partial charge is 0.481 e. The number of halogens is 1. The first kappa shape index (κ1) is 34.2. The maximum absolute atomic E-state index is 14.9. The van der Waals surface area contributed by atoms with Gasteiger partial charge in [-0.05, 0) is 49.6 Å². The van der Waals surface area contributed by atoms with Crippen molar-refractivity contribution in [1.82, 2.24) is 20.6 Å². The molecule has 0 saturated carbocycles. The number of aromatic amines is 1. The zero-order valence-corrected chi connectivity index (χ0v) is 24.4. The fourth-order valence-corrected chi connectivity index (χ4v) is 4.57. The van der Waals surface area contributed by atoms with Crippen molar-refractivity contribution < 1.29 is 33.4 Å². The third-order valence-electron chi connectivity index (χ3n) is 6.70. The molecule has 0 aliphatic rings. The minimum Gasteiger partial charge on any atom is -0.481 e. The number of carbonyl (C=O) groups excluding carboxylic acids is 3. The molecule has 0 unspecified atom stereocenters. The summed E-state index contributed by atoms with van der Waals surface area (Å²) in [7, 11) is 0. The van der Waals surface area contributed by atoms with Crippen molar-refractivity contribution >= 4 is 23.6 Å². The van der Waals surface area contributed by atoms with Crippen LogP contribution in [0.4, 0.5) is 4.39 Å². The normalized spacial score (nSPS) is 11.2. The van der Waals surface area contributed by atoms with Crippen LogP contribution in [0, 0.1) is 12.7 Å². The summed E-state index contributed by atoms with van der Waals surface area (Å²) in [4.78, 5) is 55.9. The zero-order chi connectivity index (χ0) is 31.6. The number of hydrogen-bond acceptors (Lipinski definition) is 6. The van der Waals surface area contributed by atoms with Gasteiger partial charge in [-0.15, -0.1) is 0 Å². The minimum absolute atomic E-state index is 0. The first-order valence-corrected chi connectivity index (χ1v) is 14.1. The second-order valence-electron chi connectivity index (χ2n) is 10.3. The lowest BCUT2D eigenvalue weighted by molar-refractivity contribution is -0.137. The van der Waals surface area contributed by atoms with E-state index >= 15 is 0 Å². The molecule has 0 fully saturated rings. The van der Waals surface area contributed by atoms with Crippen LogP contribution in [0.2, 0.25) is 0 Å². The molecule has 0 radical (unpaired) electrons. The van der Waals surface area contributed by atoms with Crippen LogP contribution in [0.25, 0.3) is 11.4 Å². The number of carbonyl (C=O) groups is 4. The molecule has 11 heteroatoms. The number of ketones is 1. The maximum Gasteiger partial charge on any atom is 0.303 e. The Labute approximate surface area is 261 Å². The first-order valence-electron chi connectivity index (χ1n) is 14.1. The molecule has 2 aromatic carbocycles. The van der Waals surface area contributed by atoms with Crippen molar-refractivity contribution in [2.24, 2.45) is 0 Å². The predicted octanol–water partition coefficient (Wildman–Crippen LogP) is 5.41. The van der Waals surface area contributed by atoms with Gasteiger partial charge in [0.15, 0.2) is 0 Å². The third kappa shape index (κ3) is 9.85. The molecule has 45 heavy (non-hydrogen) atoms. The molecule has 0 saturated heterocycles. The Morgan fingerprint density at radius 3 is 2.51 bits per heavy atom. The Morgan fingerprint density at radius 1 is 1.02 bits per heavy atom. The SMILES string of the molecule is C.CCNC(=O)[C@H](CCC(=O)O)NC(=O)c1c[nH]c(-c2cc(Oc3ccc(CC(=O)Cc4cccc(C)c4)c(F)c3)ccn2)c1. The lowest BCUT2D eigenvalue weighted by Crippen LogP contribution is -2.46. The van der Waals surface area contributed by atoms with Crippen molar-refractivity contribution in [3.8, 4) is 22.9 Å². The van der Waals surface area contributed by atoms with Gasteiger partial charge < -0.3 is 25.5 Å². The number of Topliss-reactive ketones (excluding diaryl/α,β-unsaturated/α-hetero) is 1. The highest BCUT2D eigenvalue weighted by molar-refractivity contribution is 5.98. The number of aromatic nitrogens is 2. The summed E-state index contributed by atoms with van der Waals surface area (Å²) < 4.78 is 20.7. The molecule has 4 aromatic rings. The highest BCUT2D eigenvalue weighted by atomic mass is 19.1. The summed E-state index contributed by atoms with van der Waals surface area (Å²) >= 11 is 0. The number of aryl methyl sites for hydroxylation is 1. The van der Waals surface area contributed by atoms with Gasteiger partial charge in [0.1, 0.15) is 29.1 Å². The molecule has 10 nitrogen and oxygen atoms in total. The topological polar surface area (TPSA) is 150 Å². The number of nitrogens with zero attached hydrogens (tertiary/aromatic N) is 1. The van der Waals surface area contributed by atoms with Crippen LogP contribution >= 0.6 is 0 Å². The molecule has 2 heterocycles. The van der Waals surface area contributed by atoms with Gasteiger partial charge in [-0.25, -0.2) is 4.39 Å². The predicted molar refractivity (Wildman–Crippen MR) is 168 cm³/mol. The van der Waals surface area contributed by atoms with Crippen LogP contribution in [0.5, 0.6) is 11.5 Å². The molecule has 0 aliphatic heterocycles. The van der Waals surface area contributed by atoms with E-state index in [1.807, 2.05) is 31.2 Å². The lowest BCUT2D eigenvalue weighted by Gasteiger charge is -2.16. The monoisotopic (exact) mass is 616 g/mol. The maximum atomic E-state index is 14.9. The molecule has 0 spiro atoms. The first-order chi connectivity index (χ1) is 21.1. The average Bonchev–Trinajstić information content (AvgIpc) is 3.48. The number of nitrogens with one attached hydrogen (secondary N) is 3. The van der Waals surface area contributed by atoms with E-state index in [0.717, 1.165) is 11.1 Å². The number of amides is 2. The van der Waals surface area contributed by atoms with Crippen molar-refractivity contribution in [3.05, 3.63) is 101 Å². The Morgan fingerprint density at radius 2 is 1.80 bits per heavy atom. The molecule has 4 rings (SSSR count). The van der Waals surface area contributed by atoms with Gasteiger partial charge in [0.25, 0.3) is 5.91 Å². The lowest BCUT2D eigenvalue weighted by atomic mass is 10.0. The quantitative estimate of drug-likeness (QED) is 0.148. The molecule has 2 aromatic heterocycles. The van der Waals surface area contributed by atoms with E-state index in [2.05, 4.69) is 20.6 Å². The summed E-state index contributed by atoms with van der Waals surface area (Å²) in [6.45, 7) is 4.01. The van der Waals surface area contributed by atoms with Crippen LogP contribution in [0.15, 0.2) is 73.1 Å². The zero-order valence-electron chi connectivity index (χ0n) is 24.4. The minimum atomic E-state index is -1.08. The summed E-state index contributed by atoms with van der Waals surface area (Å²) in [5.41, 5.74) is 3.35. The third-order valence-corrected chi connectivity index (χ3v) is 6.70. The molecule has 4 N–H and O–H groups in total. The van der Waals surface area contributed by atoms with Crippen LogP contribution < -0.4 is 15.4 Å². The van der Waals surface area contributed by atoms with E-state index in [4.69, 9.17) is 9.84 Å². The Hall–Kier alpha value is -5.32. The van der Waals surface area contributed by atoms with Crippen molar-refractivity contribution in [1.29, 1.82) is 0 Å². The number of ether oxygens (including phenoxy) is 1. The number of H-pyrrole nitrogens is 1. The van der Waals surface area contributed by atoms with E-state index in [1.165, 1.54) is 30.6 Å². The van der Waals surface area contributed by atoms with Crippen molar-refractivity contribution in [3.63, 3.8) is 0 Å². The number of carboxylic acids is 1. The molecule has 1 atom stereocenters. The Balaban J connectivity index is 0.00000552. The number of carboxylic acid groups (broad SMARTS) is 1. The second kappa shape index (κ2) is 15.9. The van der Waals surface area contributed by atoms with Crippen LogP contribution in [0.3, 0.4) is 0 Å². The van der Waals surface area contributed by atoms with E-state index in [0.29, 0.717) is 23.7 Å². The van der Waals surface area contributed by atoms with Crippen LogP contribution in [0.1, 0.15) is 54.2 Å². The van der Waals surface area contributed by atoms with Gasteiger partial charge in [-0.3, -0.25) is 24.2 Å². The Kier molecular flexibility index (Phi) is 12.1. The molecule has 2 amide bonds. The number of pyridine rings is 1. The van der Waals surface area contributed by atoms with Gasteiger partial charge in [-0.2, -0.15) is 0 Å². The van der Waals surface area contributed by atoms with Crippen LogP contribution in [-0.2, 0) is 27.2 Å². The number of benzene rings is 2. The van der Waals surface area contributed by atoms with Gasteiger partial charge in [0.2, 0.25) is 5.91 Å². The summed E-state index contributed by atoms with van der Waals surface area (Å²) in [5.74, 6) is -2.16. The molecule has 0 aliphatic carbocycles. The molecular formula is C34H37FN4O6. The van der Waals surface area contributed by atoms with Crippen molar-refractivity contribution in [2.45, 2.75) is 53.0 Å². The van der Waals surface area contributed by atoms with Gasteiger partial charge in [-0.1, -0.05) is 43.3 Å². The summed E-state index contributed by atoms with van der Waals surface area (Å²) in [6.07, 6.45) is 2.79. The number of likely N-dealkylation sites (N-methyl/N-ethyl adjacent to an activating group) is 1. The highest BCUT2D eigenvalue weighted by Gasteiger charge is 2.23. The fourth-order valence-electron chi connectivity index (χ4n) is 4.57. The Bertz CT molecular complexity index is 1670. The summed E-state index contributed by atoms with van der Waals surface area (Å²) in [5, 5.41) is 14.2. The average molecular weight is 617 g/mol. The second-order valence-corrected chi connectivity index (χ2v) is 10.3. The molecular weight excluding hydrogens is 579 g/mol. The van der Waals surface area contributed by atoms with E-state index in [9.17, 15) is 23.6 Å². The number of rotatable bonds is 14. The van der Waals surface area contributed by atoms with E-state index in [-0.39, 0.29) is 55.8 Å². The number of hydrogen-bond donors (Lipinski definition) is 4. The van der Waals surface area contributed by atoms with E-state index in [1.54, 1.807) is 25.1 Å². The standard InChI is InChI=1S/C33H33FN4O6.CH4/c1-3-35-33(43)28(9-10-31(40)41)38-32(42)23-16-29(37-19-23)30-18-26(11-12-36-30)44-25-8-7-22(27(34)17-25)15-24(39)14-21-6-4-5-20(2)13-21;/h4-8,11-13,16-19,28,37H,3,9-10,14-15H2,1-2H3,(H,35,43)(H,38,42)(H,40,41);1H4/t28-;/m0./s1. The molecule has 0 bridgehead atoms. The fraction of sp³-hybridized carbons (Fsp3) is 0.265. The van der Waals surface area contributed by atoms with Crippen molar-refractivity contribution in [2.75, 3.05) is 6.54 Å². The van der Waals surface area contributed by atoms with Gasteiger partial charge >= 0.3 is 5.97 Å². The summed E-state index contributed by atoms with van der Waals surface area (Å²) in [6, 6.07) is 15.7. The smallest absolute Gasteiger partial charge is 0.303 e. The highest BCUT2D eigenvalue weighted by Crippen LogP contribution is 2.27. The van der Waals surface area contributed by atoms with E-state index < -0.39 is 29.6 Å². The van der Waals surface area contributed by atoms with Gasteiger partial charge in [0.05, 0.1) is 17.0 Å². The van der Waals surface area contributed by atoms with Gasteiger partial charge in [0, 0.05) is 50.3 Å². The van der Waals surface area contributed by atoms with Crippen LogP contribution in [-0.4, -0.2) is 51.2 Å².